The van der Waals surface area contributed by atoms with Crippen molar-refractivity contribution >= 4 is 35.0 Å². The normalized spacial score (nSPS) is 17.2. The lowest BCUT2D eigenvalue weighted by molar-refractivity contribution is -0.135. The van der Waals surface area contributed by atoms with Crippen molar-refractivity contribution in [2.75, 3.05) is 7.11 Å². The number of aryl methyl sites for hydroxylation is 1. The topological polar surface area (TPSA) is 119 Å². The number of methoxy groups -OCH3 is 1. The molecule has 1 saturated heterocycles. The van der Waals surface area contributed by atoms with Crippen LogP contribution in [-0.2, 0) is 14.3 Å². The number of hydrogen-bond acceptors (Lipinski definition) is 9. The fraction of sp³-hybridized carbons (Fsp3) is 0.125. The van der Waals surface area contributed by atoms with E-state index in [9.17, 15) is 9.59 Å². The van der Waals surface area contributed by atoms with Gasteiger partial charge in [0.1, 0.15) is 0 Å². The van der Waals surface area contributed by atoms with Gasteiger partial charge in [-0.3, -0.25) is 10.1 Å². The summed E-state index contributed by atoms with van der Waals surface area (Å²) in [5.41, 5.74) is 1.44. The van der Waals surface area contributed by atoms with Crippen molar-refractivity contribution in [1.29, 1.82) is 0 Å². The number of amidine groups is 1. The highest BCUT2D eigenvalue weighted by Gasteiger charge is 2.25. The second-order valence-electron chi connectivity index (χ2n) is 4.97. The average Bonchev–Trinajstić information content (AvgIpc) is 3.21. The molecule has 132 valence electrons. The third kappa shape index (κ3) is 4.03. The number of esters is 1. The molecule has 1 aliphatic rings. The number of aromatic nitrogens is 2. The second-order valence-corrected chi connectivity index (χ2v) is 6.00. The molecule has 1 amide bonds. The molecule has 1 N–H and O–H groups in total. The number of nitrogens with one attached hydrogen (secondary N) is 1. The quantitative estimate of drug-likeness (QED) is 0.376. The van der Waals surface area contributed by atoms with Gasteiger partial charge in [-0.15, -0.1) is 5.10 Å². The van der Waals surface area contributed by atoms with Crippen LogP contribution in [0.2, 0.25) is 0 Å². The molecule has 0 aliphatic carbocycles. The monoisotopic (exact) mass is 371 g/mol. The Bertz CT molecular complexity index is 948. The first-order chi connectivity index (χ1) is 12.6. The zero-order valence-corrected chi connectivity index (χ0v) is 14.6. The van der Waals surface area contributed by atoms with Gasteiger partial charge in [-0.1, -0.05) is 23.4 Å². The summed E-state index contributed by atoms with van der Waals surface area (Å²) in [4.78, 5) is 27.3. The van der Waals surface area contributed by atoms with Gasteiger partial charge in [0, 0.05) is 17.2 Å². The van der Waals surface area contributed by atoms with E-state index in [4.69, 9.17) is 4.52 Å². The molecule has 9 nitrogen and oxygen atoms in total. The minimum absolute atomic E-state index is 0.188. The van der Waals surface area contributed by atoms with Gasteiger partial charge in [0.15, 0.2) is 11.0 Å². The first-order valence-electron chi connectivity index (χ1n) is 7.36. The van der Waals surface area contributed by atoms with Crippen LogP contribution in [0.5, 0.6) is 0 Å². The van der Waals surface area contributed by atoms with E-state index in [0.717, 1.165) is 23.4 Å². The summed E-state index contributed by atoms with van der Waals surface area (Å²) in [6.45, 7) is 1.73. The highest BCUT2D eigenvalue weighted by Crippen LogP contribution is 2.24. The zero-order chi connectivity index (χ0) is 18.5. The average molecular weight is 371 g/mol. The smallest absolute Gasteiger partial charge is 0.331 e. The SMILES string of the molecule is COC(=O)/C=C1/S/C(=N\N=Cc2ccccc2-c2nc(C)no2)NC1=O. The Balaban J connectivity index is 1.78. The Labute approximate surface area is 152 Å². The molecule has 0 spiro atoms. The molecular formula is C16H13N5O4S. The van der Waals surface area contributed by atoms with E-state index < -0.39 is 11.9 Å². The molecule has 0 radical (unpaired) electrons. The summed E-state index contributed by atoms with van der Waals surface area (Å²) < 4.78 is 9.67. The number of benzene rings is 1. The maximum absolute atomic E-state index is 11.7. The van der Waals surface area contributed by atoms with Gasteiger partial charge in [-0.2, -0.15) is 10.1 Å². The molecule has 1 fully saturated rings. The number of nitrogens with zero attached hydrogens (tertiary/aromatic N) is 4. The third-order valence-corrected chi connectivity index (χ3v) is 4.07. The summed E-state index contributed by atoms with van der Waals surface area (Å²) in [7, 11) is 1.23. The fourth-order valence-electron chi connectivity index (χ4n) is 2.00. The van der Waals surface area contributed by atoms with Crippen LogP contribution in [0.3, 0.4) is 0 Å². The van der Waals surface area contributed by atoms with E-state index in [0.29, 0.717) is 17.3 Å². The largest absolute Gasteiger partial charge is 0.466 e. The zero-order valence-electron chi connectivity index (χ0n) is 13.8. The molecule has 0 unspecified atom stereocenters. The molecular weight excluding hydrogens is 358 g/mol. The van der Waals surface area contributed by atoms with Crippen LogP contribution in [-0.4, -0.2) is 40.5 Å². The summed E-state index contributed by atoms with van der Waals surface area (Å²) in [6, 6.07) is 7.33. The highest BCUT2D eigenvalue weighted by molar-refractivity contribution is 8.18. The Morgan fingerprint density at radius 3 is 2.92 bits per heavy atom. The first kappa shape index (κ1) is 17.5. The van der Waals surface area contributed by atoms with Crippen LogP contribution < -0.4 is 5.32 Å². The van der Waals surface area contributed by atoms with Gasteiger partial charge in [0.05, 0.1) is 18.2 Å². The molecule has 1 aromatic carbocycles. The van der Waals surface area contributed by atoms with Gasteiger partial charge < -0.3 is 9.26 Å². The van der Waals surface area contributed by atoms with Crippen LogP contribution in [0.4, 0.5) is 0 Å². The summed E-state index contributed by atoms with van der Waals surface area (Å²) in [6.07, 6.45) is 2.61. The predicted octanol–water partition coefficient (Wildman–Crippen LogP) is 1.65. The van der Waals surface area contributed by atoms with Crippen molar-refractivity contribution in [2.24, 2.45) is 10.2 Å². The summed E-state index contributed by atoms with van der Waals surface area (Å²) >= 11 is 0.997. The molecule has 10 heteroatoms. The van der Waals surface area contributed by atoms with Gasteiger partial charge in [-0.05, 0) is 24.8 Å². The summed E-state index contributed by atoms with van der Waals surface area (Å²) in [5.74, 6) is -0.140. The van der Waals surface area contributed by atoms with Crippen LogP contribution in [0.15, 0.2) is 50.0 Å². The van der Waals surface area contributed by atoms with E-state index in [1.807, 2.05) is 24.3 Å². The van der Waals surface area contributed by atoms with Crippen LogP contribution in [0.25, 0.3) is 11.5 Å². The van der Waals surface area contributed by atoms with Crippen molar-refractivity contribution in [1.82, 2.24) is 15.5 Å². The minimum Gasteiger partial charge on any atom is -0.466 e. The molecule has 2 heterocycles. The molecule has 0 atom stereocenters. The van der Waals surface area contributed by atoms with Crippen molar-refractivity contribution < 1.29 is 18.8 Å². The Morgan fingerprint density at radius 1 is 1.38 bits per heavy atom. The minimum atomic E-state index is -0.615. The van der Waals surface area contributed by atoms with Crippen molar-refractivity contribution in [2.45, 2.75) is 6.92 Å². The lowest BCUT2D eigenvalue weighted by Gasteiger charge is -1.98. The van der Waals surface area contributed by atoms with Gasteiger partial charge in [0.2, 0.25) is 0 Å². The Hall–Kier alpha value is -3.27. The molecule has 3 rings (SSSR count). The number of rotatable bonds is 4. The van der Waals surface area contributed by atoms with E-state index in [1.165, 1.54) is 13.3 Å². The van der Waals surface area contributed by atoms with Gasteiger partial charge in [-0.25, -0.2) is 4.79 Å². The van der Waals surface area contributed by atoms with Crippen LogP contribution >= 0.6 is 11.8 Å². The molecule has 0 bridgehead atoms. The fourth-order valence-corrected chi connectivity index (χ4v) is 2.73. The van der Waals surface area contributed by atoms with E-state index >= 15 is 0 Å². The van der Waals surface area contributed by atoms with Crippen molar-refractivity contribution in [3.05, 3.63) is 46.6 Å². The highest BCUT2D eigenvalue weighted by atomic mass is 32.2. The third-order valence-electron chi connectivity index (χ3n) is 3.17. The lowest BCUT2D eigenvalue weighted by Crippen LogP contribution is -2.19. The molecule has 26 heavy (non-hydrogen) atoms. The van der Waals surface area contributed by atoms with Crippen LogP contribution in [0.1, 0.15) is 11.4 Å². The Kier molecular flexibility index (Phi) is 5.23. The molecule has 1 aromatic heterocycles. The first-order valence-corrected chi connectivity index (χ1v) is 8.18. The number of amides is 1. The molecule has 2 aromatic rings. The number of thioether (sulfide) groups is 1. The van der Waals surface area contributed by atoms with Gasteiger partial charge in [0.25, 0.3) is 11.8 Å². The van der Waals surface area contributed by atoms with E-state index in [1.54, 1.807) is 6.92 Å². The summed E-state index contributed by atoms with van der Waals surface area (Å²) in [5, 5.41) is 14.5. The standard InChI is InChI=1S/C16H13N5O4S/c1-9-18-15(25-21-9)11-6-4-3-5-10(11)8-17-20-16-19-14(23)12(26-16)7-13(22)24-2/h3-8H,1-2H3,(H,19,20,23)/b12-7+,17-8?. The van der Waals surface area contributed by atoms with Crippen molar-refractivity contribution in [3.63, 3.8) is 0 Å². The van der Waals surface area contributed by atoms with Crippen LogP contribution in [0, 0.1) is 6.92 Å². The maximum atomic E-state index is 11.7. The van der Waals surface area contributed by atoms with Gasteiger partial charge >= 0.3 is 5.97 Å². The van der Waals surface area contributed by atoms with Crippen molar-refractivity contribution in [3.8, 4) is 11.5 Å². The number of hydrogen-bond donors (Lipinski definition) is 1. The number of carbonyl (C=O) groups is 2. The Morgan fingerprint density at radius 2 is 2.19 bits per heavy atom. The molecule has 1 aliphatic heterocycles. The lowest BCUT2D eigenvalue weighted by atomic mass is 10.1. The maximum Gasteiger partial charge on any atom is 0.331 e. The van der Waals surface area contributed by atoms with E-state index in [-0.39, 0.29) is 10.1 Å². The predicted molar refractivity (Wildman–Crippen MR) is 95.3 cm³/mol. The van der Waals surface area contributed by atoms with E-state index in [2.05, 4.69) is 30.4 Å². The molecule has 0 saturated carbocycles. The second kappa shape index (κ2) is 7.74. The number of carbonyl (C=O) groups excluding carboxylic acids is 2. The number of ether oxygens (including phenoxy) is 1.